The lowest BCUT2D eigenvalue weighted by molar-refractivity contribution is 0.101. The lowest BCUT2D eigenvalue weighted by Crippen LogP contribution is -2.17. The van der Waals surface area contributed by atoms with E-state index in [0.717, 1.165) is 36.2 Å². The predicted octanol–water partition coefficient (Wildman–Crippen LogP) is 5.78. The van der Waals surface area contributed by atoms with Crippen LogP contribution < -0.4 is 5.32 Å². The molecule has 0 aliphatic heterocycles. The Morgan fingerprint density at radius 2 is 1.69 bits per heavy atom. The molecule has 1 aliphatic carbocycles. The summed E-state index contributed by atoms with van der Waals surface area (Å²) >= 11 is 0. The number of nitrogens with one attached hydrogen (secondary N) is 2. The Kier molecular flexibility index (Phi) is 4.73. The van der Waals surface area contributed by atoms with Crippen LogP contribution in [0.25, 0.3) is 11.3 Å². The van der Waals surface area contributed by atoms with Gasteiger partial charge in [0.05, 0.1) is 11.4 Å². The molecular formula is C23H23F2N3O. The third-order valence-electron chi connectivity index (χ3n) is 5.23. The van der Waals surface area contributed by atoms with Crippen LogP contribution in [0.2, 0.25) is 0 Å². The molecule has 1 aliphatic rings. The molecule has 0 spiro atoms. The minimum atomic E-state index is -0.893. The van der Waals surface area contributed by atoms with E-state index in [2.05, 4.69) is 36.3 Å². The second-order valence-corrected chi connectivity index (χ2v) is 8.51. The zero-order valence-corrected chi connectivity index (χ0v) is 16.6. The monoisotopic (exact) mass is 395 g/mol. The number of nitrogens with zero attached hydrogens (tertiary/aromatic N) is 1. The van der Waals surface area contributed by atoms with Gasteiger partial charge in [-0.3, -0.25) is 9.89 Å². The molecule has 0 atom stereocenters. The van der Waals surface area contributed by atoms with Crippen molar-refractivity contribution in [2.75, 3.05) is 5.32 Å². The highest BCUT2D eigenvalue weighted by Gasteiger charge is 2.31. The Hall–Kier alpha value is -3.02. The maximum Gasteiger partial charge on any atom is 0.261 e. The highest BCUT2D eigenvalue weighted by molar-refractivity contribution is 6.06. The van der Waals surface area contributed by atoms with Crippen LogP contribution in [0.15, 0.2) is 42.5 Å². The Balaban J connectivity index is 1.72. The SMILES string of the molecule is CC(C)(C)c1ccc(-c2n[nH]c(C3CC3)c2NC(=O)c2c(F)cccc2F)cc1. The van der Waals surface area contributed by atoms with E-state index in [1.807, 2.05) is 24.3 Å². The highest BCUT2D eigenvalue weighted by atomic mass is 19.1. The van der Waals surface area contributed by atoms with E-state index in [-0.39, 0.29) is 11.3 Å². The zero-order valence-electron chi connectivity index (χ0n) is 16.6. The molecule has 0 radical (unpaired) electrons. The van der Waals surface area contributed by atoms with E-state index < -0.39 is 23.1 Å². The third-order valence-corrected chi connectivity index (χ3v) is 5.23. The lowest BCUT2D eigenvalue weighted by atomic mass is 9.86. The molecule has 2 N–H and O–H groups in total. The number of carbonyl (C=O) groups excluding carboxylic acids is 1. The van der Waals surface area contributed by atoms with E-state index in [1.54, 1.807) is 0 Å². The van der Waals surface area contributed by atoms with E-state index in [1.165, 1.54) is 11.6 Å². The van der Waals surface area contributed by atoms with Crippen molar-refractivity contribution >= 4 is 11.6 Å². The van der Waals surface area contributed by atoms with Gasteiger partial charge in [-0.2, -0.15) is 5.10 Å². The topological polar surface area (TPSA) is 57.8 Å². The number of carbonyl (C=O) groups is 1. The fraction of sp³-hybridized carbons (Fsp3) is 0.304. The Bertz CT molecular complexity index is 1040. The minimum absolute atomic E-state index is 0.0166. The molecule has 4 rings (SSSR count). The zero-order chi connectivity index (χ0) is 20.8. The first-order valence-corrected chi connectivity index (χ1v) is 9.70. The first-order chi connectivity index (χ1) is 13.8. The van der Waals surface area contributed by atoms with Crippen molar-refractivity contribution in [3.63, 3.8) is 0 Å². The second-order valence-electron chi connectivity index (χ2n) is 8.51. The minimum Gasteiger partial charge on any atom is -0.318 e. The number of H-pyrrole nitrogens is 1. The van der Waals surface area contributed by atoms with Crippen LogP contribution in [0.3, 0.4) is 0 Å². The van der Waals surface area contributed by atoms with Gasteiger partial charge < -0.3 is 5.32 Å². The number of rotatable bonds is 4. The summed E-state index contributed by atoms with van der Waals surface area (Å²) < 4.78 is 28.1. The molecule has 0 saturated heterocycles. The fourth-order valence-electron chi connectivity index (χ4n) is 3.38. The molecule has 6 heteroatoms. The molecule has 3 aromatic rings. The van der Waals surface area contributed by atoms with Crippen LogP contribution in [0.5, 0.6) is 0 Å². The molecule has 2 aromatic carbocycles. The van der Waals surface area contributed by atoms with Gasteiger partial charge in [0.1, 0.15) is 22.9 Å². The summed E-state index contributed by atoms with van der Waals surface area (Å²) in [6.45, 7) is 6.41. The summed E-state index contributed by atoms with van der Waals surface area (Å²) in [5, 5.41) is 10.1. The number of hydrogen-bond acceptors (Lipinski definition) is 2. The Labute approximate surface area is 168 Å². The second kappa shape index (κ2) is 7.10. The Morgan fingerprint density at radius 3 is 2.24 bits per heavy atom. The average molecular weight is 395 g/mol. The van der Waals surface area contributed by atoms with Gasteiger partial charge in [-0.1, -0.05) is 51.1 Å². The normalized spacial score (nSPS) is 14.1. The average Bonchev–Trinajstić information content (AvgIpc) is 3.42. The number of benzene rings is 2. The van der Waals surface area contributed by atoms with Gasteiger partial charge in [-0.05, 0) is 36.0 Å². The molecule has 150 valence electrons. The fourth-order valence-corrected chi connectivity index (χ4v) is 3.38. The molecule has 1 aromatic heterocycles. The van der Waals surface area contributed by atoms with Crippen molar-refractivity contribution in [3.05, 3.63) is 70.9 Å². The summed E-state index contributed by atoms with van der Waals surface area (Å²) in [4.78, 5) is 12.7. The maximum absolute atomic E-state index is 14.1. The van der Waals surface area contributed by atoms with E-state index in [4.69, 9.17) is 0 Å². The molecule has 0 unspecified atom stereocenters. The van der Waals surface area contributed by atoms with Crippen LogP contribution >= 0.6 is 0 Å². The molecule has 1 amide bonds. The molecule has 1 heterocycles. The van der Waals surface area contributed by atoms with Gasteiger partial charge in [0.2, 0.25) is 0 Å². The van der Waals surface area contributed by atoms with Gasteiger partial charge >= 0.3 is 0 Å². The molecule has 0 bridgehead atoms. The van der Waals surface area contributed by atoms with Gasteiger partial charge in [0, 0.05) is 11.5 Å². The molecule has 4 nitrogen and oxygen atoms in total. The van der Waals surface area contributed by atoms with Crippen molar-refractivity contribution in [1.82, 2.24) is 10.2 Å². The lowest BCUT2D eigenvalue weighted by Gasteiger charge is -2.19. The predicted molar refractivity (Wildman–Crippen MR) is 109 cm³/mol. The van der Waals surface area contributed by atoms with Crippen molar-refractivity contribution in [2.45, 2.75) is 44.9 Å². The van der Waals surface area contributed by atoms with Gasteiger partial charge in [0.25, 0.3) is 5.91 Å². The number of aromatic amines is 1. The first kappa shape index (κ1) is 19.3. The maximum atomic E-state index is 14.1. The van der Waals surface area contributed by atoms with Crippen LogP contribution in [-0.4, -0.2) is 16.1 Å². The van der Waals surface area contributed by atoms with Crippen molar-refractivity contribution < 1.29 is 13.6 Å². The highest BCUT2D eigenvalue weighted by Crippen LogP contribution is 2.45. The van der Waals surface area contributed by atoms with Crippen LogP contribution in [0, 0.1) is 11.6 Å². The number of halogens is 2. The quantitative estimate of drug-likeness (QED) is 0.588. The number of amides is 1. The van der Waals surface area contributed by atoms with E-state index >= 15 is 0 Å². The molecule has 29 heavy (non-hydrogen) atoms. The van der Waals surface area contributed by atoms with Crippen LogP contribution in [0.4, 0.5) is 14.5 Å². The molecular weight excluding hydrogens is 372 g/mol. The summed E-state index contributed by atoms with van der Waals surface area (Å²) in [5.41, 5.74) is 3.28. The van der Waals surface area contributed by atoms with Crippen molar-refractivity contribution in [3.8, 4) is 11.3 Å². The third kappa shape index (κ3) is 3.79. The van der Waals surface area contributed by atoms with Crippen molar-refractivity contribution in [2.24, 2.45) is 0 Å². The summed E-state index contributed by atoms with van der Waals surface area (Å²) in [6.07, 6.45) is 1.98. The van der Waals surface area contributed by atoms with E-state index in [0.29, 0.717) is 11.4 Å². The summed E-state index contributed by atoms with van der Waals surface area (Å²) in [7, 11) is 0. The Morgan fingerprint density at radius 1 is 1.07 bits per heavy atom. The van der Waals surface area contributed by atoms with Gasteiger partial charge in [-0.25, -0.2) is 8.78 Å². The summed E-state index contributed by atoms with van der Waals surface area (Å²) in [6, 6.07) is 11.3. The number of hydrogen-bond donors (Lipinski definition) is 2. The summed E-state index contributed by atoms with van der Waals surface area (Å²) in [5.74, 6) is -2.34. The van der Waals surface area contributed by atoms with Crippen LogP contribution in [-0.2, 0) is 5.41 Å². The van der Waals surface area contributed by atoms with Crippen molar-refractivity contribution in [1.29, 1.82) is 0 Å². The molecule has 1 fully saturated rings. The largest absolute Gasteiger partial charge is 0.318 e. The molecule has 1 saturated carbocycles. The van der Waals surface area contributed by atoms with Crippen LogP contribution in [0.1, 0.15) is 61.1 Å². The van der Waals surface area contributed by atoms with E-state index in [9.17, 15) is 13.6 Å². The first-order valence-electron chi connectivity index (χ1n) is 9.70. The van der Waals surface area contributed by atoms with Gasteiger partial charge in [0.15, 0.2) is 0 Å². The smallest absolute Gasteiger partial charge is 0.261 e. The van der Waals surface area contributed by atoms with Gasteiger partial charge in [-0.15, -0.1) is 0 Å². The number of anilines is 1. The standard InChI is InChI=1S/C23H23F2N3O/c1-23(2,3)15-11-9-14(10-12-15)20-21(19(27-28-20)13-7-8-13)26-22(29)18-16(24)5-4-6-17(18)25/h4-6,9-13H,7-8H2,1-3H3,(H,26,29)(H,27,28). The number of aromatic nitrogens is 2.